The predicted molar refractivity (Wildman–Crippen MR) is 53.1 cm³/mol. The van der Waals surface area contributed by atoms with Gasteiger partial charge in [0, 0.05) is 6.54 Å². The molecular formula is C9H15N5. The summed E-state index contributed by atoms with van der Waals surface area (Å²) in [6, 6.07) is 0. The third-order valence-electron chi connectivity index (χ3n) is 3.09. The second kappa shape index (κ2) is 3.40. The Morgan fingerprint density at radius 3 is 3.07 bits per heavy atom. The molecule has 2 fully saturated rings. The third-order valence-corrected chi connectivity index (χ3v) is 3.09. The molecule has 2 saturated heterocycles. The molecule has 0 aromatic rings. The number of nitrogens with zero attached hydrogens (tertiary/aromatic N) is 3. The highest BCUT2D eigenvalue weighted by molar-refractivity contribution is 5.57. The van der Waals surface area contributed by atoms with Gasteiger partial charge in [0.2, 0.25) is 0 Å². The van der Waals surface area contributed by atoms with Crippen molar-refractivity contribution in [1.29, 1.82) is 0 Å². The number of nitrogens with one attached hydrogen (secondary N) is 2. The maximum Gasteiger partial charge on any atom is 0.139 e. The highest BCUT2D eigenvalue weighted by Crippen LogP contribution is 2.16. The van der Waals surface area contributed by atoms with Gasteiger partial charge in [-0.1, -0.05) is 0 Å². The van der Waals surface area contributed by atoms with E-state index in [2.05, 4.69) is 32.2 Å². The molecule has 0 spiro atoms. The first kappa shape index (κ1) is 8.49. The molecule has 2 radical (unpaired) electrons. The second-order valence-corrected chi connectivity index (χ2v) is 4.02. The lowest BCUT2D eigenvalue weighted by atomic mass is 10.2. The summed E-state index contributed by atoms with van der Waals surface area (Å²) in [5.41, 5.74) is 2.97. The van der Waals surface area contributed by atoms with Crippen LogP contribution in [0.25, 0.3) is 0 Å². The van der Waals surface area contributed by atoms with Gasteiger partial charge in [-0.15, -0.1) is 0 Å². The lowest BCUT2D eigenvalue weighted by Crippen LogP contribution is -2.59. The molecule has 2 atom stereocenters. The van der Waals surface area contributed by atoms with Crippen LogP contribution in [-0.2, 0) is 0 Å². The Balaban J connectivity index is 1.63. The van der Waals surface area contributed by atoms with Crippen molar-refractivity contribution in [2.75, 3.05) is 19.6 Å². The van der Waals surface area contributed by atoms with Crippen molar-refractivity contribution >= 4 is 6.34 Å². The normalized spacial score (nSPS) is 37.3. The van der Waals surface area contributed by atoms with Crippen LogP contribution in [0.15, 0.2) is 5.10 Å². The van der Waals surface area contributed by atoms with Gasteiger partial charge in [0.15, 0.2) is 0 Å². The van der Waals surface area contributed by atoms with Crippen molar-refractivity contribution in [1.82, 2.24) is 20.5 Å². The summed E-state index contributed by atoms with van der Waals surface area (Å²) >= 11 is 0. The largest absolute Gasteiger partial charge is 0.335 e. The number of likely N-dealkylation sites (tertiary alicyclic amines) is 1. The van der Waals surface area contributed by atoms with Gasteiger partial charge >= 0.3 is 0 Å². The van der Waals surface area contributed by atoms with Crippen LogP contribution >= 0.6 is 0 Å². The summed E-state index contributed by atoms with van der Waals surface area (Å²) < 4.78 is 0. The number of hydrogen-bond donors (Lipinski definition) is 2. The first-order valence-electron chi connectivity index (χ1n) is 5.23. The molecule has 2 N–H and O–H groups in total. The fraction of sp³-hybridized carbons (Fsp3) is 0.778. The quantitative estimate of drug-likeness (QED) is 0.573. The summed E-state index contributed by atoms with van der Waals surface area (Å²) in [6.45, 7) is 6.62. The molecule has 3 rings (SSSR count). The van der Waals surface area contributed by atoms with Crippen molar-refractivity contribution in [3.05, 3.63) is 6.54 Å². The monoisotopic (exact) mass is 193 g/mol. The topological polar surface area (TPSA) is 42.9 Å². The van der Waals surface area contributed by atoms with Crippen LogP contribution < -0.4 is 10.7 Å². The van der Waals surface area contributed by atoms with Gasteiger partial charge < -0.3 is 4.90 Å². The molecule has 3 aliphatic rings. The van der Waals surface area contributed by atoms with Gasteiger partial charge in [-0.05, 0) is 25.9 Å². The zero-order valence-corrected chi connectivity index (χ0v) is 8.11. The minimum Gasteiger partial charge on any atom is -0.335 e. The third kappa shape index (κ3) is 1.36. The van der Waals surface area contributed by atoms with Crippen LogP contribution in [0.2, 0.25) is 0 Å². The molecule has 0 aromatic heterocycles. The highest BCUT2D eigenvalue weighted by Gasteiger charge is 2.33. The van der Waals surface area contributed by atoms with Crippen molar-refractivity contribution < 1.29 is 0 Å². The van der Waals surface area contributed by atoms with Gasteiger partial charge in [-0.2, -0.15) is 5.10 Å². The Labute approximate surface area is 84.1 Å². The second-order valence-electron chi connectivity index (χ2n) is 4.02. The molecule has 0 amide bonds. The number of hydrazone groups is 1. The molecule has 14 heavy (non-hydrogen) atoms. The fourth-order valence-corrected chi connectivity index (χ4v) is 2.27. The fourth-order valence-electron chi connectivity index (χ4n) is 2.27. The first-order valence-corrected chi connectivity index (χ1v) is 5.23. The maximum atomic E-state index is 4.02. The van der Waals surface area contributed by atoms with Gasteiger partial charge in [-0.25, -0.2) is 0 Å². The van der Waals surface area contributed by atoms with Crippen LogP contribution in [0, 0.1) is 6.54 Å². The molecular weight excluding hydrogens is 178 g/mol. The van der Waals surface area contributed by atoms with Crippen LogP contribution in [0.4, 0.5) is 0 Å². The van der Waals surface area contributed by atoms with Gasteiger partial charge in [-0.3, -0.25) is 15.6 Å². The van der Waals surface area contributed by atoms with E-state index in [0.29, 0.717) is 6.17 Å². The number of fused-ring (bicyclic) bond motifs is 1. The average Bonchev–Trinajstić information content (AvgIpc) is 2.88. The van der Waals surface area contributed by atoms with E-state index in [0.717, 1.165) is 6.54 Å². The van der Waals surface area contributed by atoms with Crippen molar-refractivity contribution in [2.45, 2.75) is 25.2 Å². The minimum atomic E-state index is 0.133. The molecule has 5 heteroatoms. The standard InChI is InChI=1S/C9H15N5/c1-2-4-13(3-1)9-6-14-7-11-12-8(14)5-10-9/h7-10,12H,1-4,6H2. The molecule has 0 aromatic carbocycles. The van der Waals surface area contributed by atoms with Crippen LogP contribution in [0.3, 0.4) is 0 Å². The molecule has 0 saturated carbocycles. The Kier molecular flexibility index (Phi) is 2.06. The molecule has 0 bridgehead atoms. The summed E-state index contributed by atoms with van der Waals surface area (Å²) in [6.07, 6.45) is 5.07. The van der Waals surface area contributed by atoms with E-state index in [9.17, 15) is 0 Å². The first-order chi connectivity index (χ1) is 6.93. The number of hydrogen-bond acceptors (Lipinski definition) is 5. The van der Waals surface area contributed by atoms with E-state index in [1.165, 1.54) is 25.9 Å². The summed E-state index contributed by atoms with van der Waals surface area (Å²) in [4.78, 5) is 4.66. The predicted octanol–water partition coefficient (Wildman–Crippen LogP) is -0.775. The lowest BCUT2D eigenvalue weighted by Gasteiger charge is -2.38. The molecule has 76 valence electrons. The Hall–Kier alpha value is -0.810. The maximum absolute atomic E-state index is 4.02. The van der Waals surface area contributed by atoms with E-state index in [1.54, 1.807) is 0 Å². The number of rotatable bonds is 1. The van der Waals surface area contributed by atoms with Crippen molar-refractivity contribution in [3.8, 4) is 0 Å². The van der Waals surface area contributed by atoms with Crippen LogP contribution in [0.1, 0.15) is 12.8 Å². The summed E-state index contributed by atoms with van der Waals surface area (Å²) in [5, 5.41) is 7.34. The van der Waals surface area contributed by atoms with E-state index < -0.39 is 0 Å². The number of piperazine rings is 1. The van der Waals surface area contributed by atoms with Gasteiger partial charge in [0.1, 0.15) is 19.0 Å². The van der Waals surface area contributed by atoms with E-state index in [4.69, 9.17) is 0 Å². The molecule has 3 heterocycles. The summed E-state index contributed by atoms with van der Waals surface area (Å²) in [5.74, 6) is 0. The molecule has 3 aliphatic heterocycles. The van der Waals surface area contributed by atoms with Crippen molar-refractivity contribution in [3.63, 3.8) is 0 Å². The molecule has 5 nitrogen and oxygen atoms in total. The molecule has 2 unspecified atom stereocenters. The van der Waals surface area contributed by atoms with Gasteiger partial charge in [0.05, 0.1) is 6.17 Å². The van der Waals surface area contributed by atoms with Crippen LogP contribution in [-0.4, -0.2) is 48.1 Å². The zero-order valence-electron chi connectivity index (χ0n) is 8.11. The smallest absolute Gasteiger partial charge is 0.139 e. The molecule has 0 aliphatic carbocycles. The minimum absolute atomic E-state index is 0.133. The Morgan fingerprint density at radius 2 is 2.21 bits per heavy atom. The van der Waals surface area contributed by atoms with Crippen molar-refractivity contribution in [2.24, 2.45) is 5.10 Å². The Morgan fingerprint density at radius 1 is 1.36 bits per heavy atom. The summed E-state index contributed by atoms with van der Waals surface area (Å²) in [7, 11) is 0. The highest BCUT2D eigenvalue weighted by atomic mass is 15.5. The average molecular weight is 193 g/mol. The lowest BCUT2D eigenvalue weighted by molar-refractivity contribution is 0.128. The van der Waals surface area contributed by atoms with E-state index >= 15 is 0 Å². The SMILES string of the molecule is [C]1NC(N2CCCC2)CN2C=NNC12. The Bertz CT molecular complexity index is 235. The van der Waals surface area contributed by atoms with E-state index in [-0.39, 0.29) is 6.17 Å². The zero-order chi connectivity index (χ0) is 9.38. The van der Waals surface area contributed by atoms with Crippen LogP contribution in [0.5, 0.6) is 0 Å². The van der Waals surface area contributed by atoms with E-state index in [1.807, 2.05) is 6.34 Å². The van der Waals surface area contributed by atoms with Gasteiger partial charge in [0.25, 0.3) is 0 Å².